The molecule has 1 amide bonds. The van der Waals surface area contributed by atoms with Gasteiger partial charge in [0, 0.05) is 38.3 Å². The molecule has 1 aliphatic heterocycles. The lowest BCUT2D eigenvalue weighted by molar-refractivity contribution is -0.141. The number of carbonyl (C=O) groups excluding carboxylic acids is 2. The van der Waals surface area contributed by atoms with Gasteiger partial charge in [0.15, 0.2) is 6.10 Å². The number of aryl methyl sites for hydroxylation is 1. The molecule has 1 saturated heterocycles. The fourth-order valence-corrected chi connectivity index (χ4v) is 4.51. The Morgan fingerprint density at radius 1 is 1.00 bits per heavy atom. The number of piperazine rings is 1. The van der Waals surface area contributed by atoms with Crippen LogP contribution in [0.3, 0.4) is 0 Å². The first-order chi connectivity index (χ1) is 17.5. The maximum Gasteiger partial charge on any atom is 0.339 e. The van der Waals surface area contributed by atoms with Gasteiger partial charge < -0.3 is 14.2 Å². The summed E-state index contributed by atoms with van der Waals surface area (Å²) in [6, 6.07) is 21.5. The average Bonchev–Trinajstić information content (AvgIpc) is 3.29. The van der Waals surface area contributed by atoms with Gasteiger partial charge in [-0.2, -0.15) is 0 Å². The van der Waals surface area contributed by atoms with E-state index in [-0.39, 0.29) is 17.2 Å². The summed E-state index contributed by atoms with van der Waals surface area (Å²) < 4.78 is 11.0. The summed E-state index contributed by atoms with van der Waals surface area (Å²) in [6.07, 6.45) is -0.915. The van der Waals surface area contributed by atoms with E-state index in [2.05, 4.69) is 27.2 Å². The second-order valence-electron chi connectivity index (χ2n) is 9.00. The van der Waals surface area contributed by atoms with Crippen LogP contribution in [0.2, 0.25) is 0 Å². The minimum atomic E-state index is -0.915. The quantitative estimate of drug-likeness (QED) is 0.381. The lowest BCUT2D eigenvalue weighted by atomic mass is 10.1. The number of amides is 1. The molecule has 184 valence electrons. The zero-order valence-corrected chi connectivity index (χ0v) is 20.4. The normalized spacial score (nSPS) is 15.1. The van der Waals surface area contributed by atoms with Crippen molar-refractivity contribution in [3.8, 4) is 11.3 Å². The topological polar surface area (TPSA) is 88.8 Å². The van der Waals surface area contributed by atoms with E-state index in [0.29, 0.717) is 29.9 Å². The van der Waals surface area contributed by atoms with Crippen LogP contribution in [0.25, 0.3) is 22.4 Å². The van der Waals surface area contributed by atoms with Gasteiger partial charge >= 0.3 is 5.97 Å². The predicted molar refractivity (Wildman–Crippen MR) is 135 cm³/mol. The first kappa shape index (κ1) is 23.7. The van der Waals surface area contributed by atoms with Gasteiger partial charge in [-0.1, -0.05) is 65.8 Å². The molecule has 8 heteroatoms. The number of fused-ring (bicyclic) bond motifs is 1. The van der Waals surface area contributed by atoms with Crippen molar-refractivity contribution in [3.63, 3.8) is 0 Å². The number of hydrogen-bond acceptors (Lipinski definition) is 7. The Hall–Kier alpha value is -4.04. The smallest absolute Gasteiger partial charge is 0.339 e. The van der Waals surface area contributed by atoms with Gasteiger partial charge in [-0.3, -0.25) is 9.69 Å². The summed E-state index contributed by atoms with van der Waals surface area (Å²) >= 11 is 0. The number of rotatable bonds is 6. The first-order valence-corrected chi connectivity index (χ1v) is 12.1. The van der Waals surface area contributed by atoms with Crippen LogP contribution >= 0.6 is 0 Å². The first-order valence-electron chi connectivity index (χ1n) is 12.1. The van der Waals surface area contributed by atoms with Crippen LogP contribution in [0.1, 0.15) is 28.5 Å². The molecular weight excluding hydrogens is 456 g/mol. The standard InChI is InChI=1S/C28H28N4O4/c1-19-25-23(17-24(29-26(25)36-30-19)22-11-7-4-8-12-22)28(34)35-20(2)27(33)32-15-13-31(14-16-32)18-21-9-5-3-6-10-21/h3-12,17,20H,13-16,18H2,1-2H3. The summed E-state index contributed by atoms with van der Waals surface area (Å²) in [5, 5.41) is 4.47. The number of carbonyl (C=O) groups is 2. The molecular formula is C28H28N4O4. The third-order valence-corrected chi connectivity index (χ3v) is 6.47. The van der Waals surface area contributed by atoms with Crippen LogP contribution in [0.15, 0.2) is 71.3 Å². The lowest BCUT2D eigenvalue weighted by Gasteiger charge is -2.35. The summed E-state index contributed by atoms with van der Waals surface area (Å²) in [5.41, 5.74) is 3.73. The Morgan fingerprint density at radius 3 is 2.36 bits per heavy atom. The molecule has 0 bridgehead atoms. The Bertz CT molecular complexity index is 1360. The molecule has 1 aliphatic rings. The molecule has 1 fully saturated rings. The third-order valence-electron chi connectivity index (χ3n) is 6.47. The van der Waals surface area contributed by atoms with Crippen LogP contribution in [0, 0.1) is 6.92 Å². The molecule has 0 N–H and O–H groups in total. The van der Waals surface area contributed by atoms with Crippen LogP contribution in [-0.2, 0) is 16.1 Å². The lowest BCUT2D eigenvalue weighted by Crippen LogP contribution is -2.51. The van der Waals surface area contributed by atoms with Crippen molar-refractivity contribution < 1.29 is 18.8 Å². The Balaban J connectivity index is 1.27. The number of nitrogens with zero attached hydrogens (tertiary/aromatic N) is 4. The number of pyridine rings is 1. The summed E-state index contributed by atoms with van der Waals surface area (Å²) in [4.78, 5) is 34.9. The number of aromatic nitrogens is 2. The molecule has 1 unspecified atom stereocenters. The van der Waals surface area contributed by atoms with Crippen LogP contribution < -0.4 is 0 Å². The SMILES string of the molecule is Cc1noc2nc(-c3ccccc3)cc(C(=O)OC(C)C(=O)N3CCN(Cc4ccccc4)CC3)c12. The van der Waals surface area contributed by atoms with E-state index in [0.717, 1.165) is 25.2 Å². The maximum atomic E-state index is 13.2. The van der Waals surface area contributed by atoms with Crippen LogP contribution in [-0.4, -0.2) is 64.1 Å². The van der Waals surface area contributed by atoms with E-state index < -0.39 is 12.1 Å². The molecule has 4 aromatic rings. The fraction of sp³-hybridized carbons (Fsp3) is 0.286. The number of esters is 1. The van der Waals surface area contributed by atoms with Gasteiger partial charge in [-0.15, -0.1) is 0 Å². The van der Waals surface area contributed by atoms with Crippen molar-refractivity contribution in [2.75, 3.05) is 26.2 Å². The highest BCUT2D eigenvalue weighted by Gasteiger charge is 2.29. The highest BCUT2D eigenvalue weighted by atomic mass is 16.5. The minimum Gasteiger partial charge on any atom is -0.449 e. The van der Waals surface area contributed by atoms with Gasteiger partial charge in [0.1, 0.15) is 0 Å². The van der Waals surface area contributed by atoms with E-state index in [1.54, 1.807) is 24.8 Å². The number of ether oxygens (including phenoxy) is 1. The van der Waals surface area contributed by atoms with Crippen molar-refractivity contribution in [1.82, 2.24) is 19.9 Å². The number of benzene rings is 2. The van der Waals surface area contributed by atoms with E-state index in [4.69, 9.17) is 9.26 Å². The van der Waals surface area contributed by atoms with Crippen molar-refractivity contribution >= 4 is 23.0 Å². The molecule has 8 nitrogen and oxygen atoms in total. The van der Waals surface area contributed by atoms with E-state index in [1.165, 1.54) is 5.56 Å². The van der Waals surface area contributed by atoms with E-state index in [9.17, 15) is 9.59 Å². The third kappa shape index (κ3) is 4.99. The number of hydrogen-bond donors (Lipinski definition) is 0. The summed E-state index contributed by atoms with van der Waals surface area (Å²) in [7, 11) is 0. The highest BCUT2D eigenvalue weighted by Crippen LogP contribution is 2.28. The zero-order valence-electron chi connectivity index (χ0n) is 20.4. The second kappa shape index (κ2) is 10.3. The van der Waals surface area contributed by atoms with Crippen molar-refractivity contribution in [2.24, 2.45) is 0 Å². The highest BCUT2D eigenvalue weighted by molar-refractivity contribution is 6.05. The maximum absolute atomic E-state index is 13.2. The molecule has 5 rings (SSSR count). The van der Waals surface area contributed by atoms with Gasteiger partial charge in [0.2, 0.25) is 0 Å². The van der Waals surface area contributed by atoms with Crippen LogP contribution in [0.4, 0.5) is 0 Å². The van der Waals surface area contributed by atoms with Gasteiger partial charge in [0.05, 0.1) is 22.3 Å². The van der Waals surface area contributed by atoms with Gasteiger partial charge in [0.25, 0.3) is 11.6 Å². The molecule has 0 spiro atoms. The summed E-state index contributed by atoms with van der Waals surface area (Å²) in [6.45, 7) is 6.95. The van der Waals surface area contributed by atoms with Gasteiger partial charge in [-0.05, 0) is 25.5 Å². The minimum absolute atomic E-state index is 0.196. The molecule has 36 heavy (non-hydrogen) atoms. The van der Waals surface area contributed by atoms with E-state index in [1.807, 2.05) is 48.5 Å². The second-order valence-corrected chi connectivity index (χ2v) is 9.00. The molecule has 0 aliphatic carbocycles. The monoisotopic (exact) mass is 484 g/mol. The molecule has 0 radical (unpaired) electrons. The van der Waals surface area contributed by atoms with Crippen LogP contribution in [0.5, 0.6) is 0 Å². The Kier molecular flexibility index (Phi) is 6.77. The van der Waals surface area contributed by atoms with Crippen molar-refractivity contribution in [2.45, 2.75) is 26.5 Å². The van der Waals surface area contributed by atoms with Crippen molar-refractivity contribution in [3.05, 3.63) is 83.6 Å². The Morgan fingerprint density at radius 2 is 1.67 bits per heavy atom. The van der Waals surface area contributed by atoms with Crippen molar-refractivity contribution in [1.29, 1.82) is 0 Å². The Labute approximate surface area is 209 Å². The molecule has 3 heterocycles. The van der Waals surface area contributed by atoms with E-state index >= 15 is 0 Å². The molecule has 2 aromatic heterocycles. The fourth-order valence-electron chi connectivity index (χ4n) is 4.51. The predicted octanol–water partition coefficient (Wildman–Crippen LogP) is 4.09. The van der Waals surface area contributed by atoms with Gasteiger partial charge in [-0.25, -0.2) is 9.78 Å². The largest absolute Gasteiger partial charge is 0.449 e. The summed E-state index contributed by atoms with van der Waals surface area (Å²) in [5.74, 6) is -0.798. The molecule has 0 saturated carbocycles. The zero-order chi connectivity index (χ0) is 25.1. The average molecular weight is 485 g/mol. The molecule has 1 atom stereocenters. The molecule has 2 aromatic carbocycles.